The monoisotopic (exact) mass is 354 g/mol. The molecule has 0 spiro atoms. The van der Waals surface area contributed by atoms with E-state index in [1.807, 2.05) is 0 Å². The topological polar surface area (TPSA) is 33.1 Å². The van der Waals surface area contributed by atoms with Crippen molar-refractivity contribution in [1.29, 1.82) is 0 Å². The first-order chi connectivity index (χ1) is 9.94. The zero-order chi connectivity index (χ0) is 15.2. The molecule has 1 aliphatic heterocycles. The van der Waals surface area contributed by atoms with Crippen molar-refractivity contribution in [3.8, 4) is 0 Å². The van der Waals surface area contributed by atoms with Crippen molar-refractivity contribution < 1.29 is 0 Å². The Kier molecular flexibility index (Phi) is 4.19. The van der Waals surface area contributed by atoms with Gasteiger partial charge in [0.15, 0.2) is 0 Å². The summed E-state index contributed by atoms with van der Waals surface area (Å²) >= 11 is 3.73. The lowest BCUT2D eigenvalue weighted by atomic mass is 9.91. The summed E-state index contributed by atoms with van der Waals surface area (Å²) in [6.07, 6.45) is 2.78. The number of piperazine rings is 1. The molecule has 5 heteroatoms. The molecule has 0 amide bonds. The van der Waals surface area contributed by atoms with Crippen molar-refractivity contribution in [3.05, 3.63) is 15.9 Å². The molecule has 1 saturated heterocycles. The fraction of sp³-hybridized carbons (Fsp3) is 0.812. The maximum atomic E-state index is 4.63. The highest BCUT2D eigenvalue weighted by Crippen LogP contribution is 2.41. The molecular formula is C16H27BrN4. The van der Waals surface area contributed by atoms with Gasteiger partial charge in [-0.3, -0.25) is 9.58 Å². The van der Waals surface area contributed by atoms with E-state index in [9.17, 15) is 0 Å². The second-order valence-corrected chi connectivity index (χ2v) is 7.78. The lowest BCUT2D eigenvalue weighted by Gasteiger charge is -2.45. The first kappa shape index (κ1) is 15.5. The summed E-state index contributed by atoms with van der Waals surface area (Å²) < 4.78 is 3.33. The summed E-state index contributed by atoms with van der Waals surface area (Å²) in [5.74, 6) is 0.869. The van der Waals surface area contributed by atoms with E-state index in [1.165, 1.54) is 23.0 Å². The first-order valence-electron chi connectivity index (χ1n) is 8.15. The van der Waals surface area contributed by atoms with Crippen LogP contribution in [0.3, 0.4) is 0 Å². The van der Waals surface area contributed by atoms with Crippen LogP contribution in [-0.4, -0.2) is 39.4 Å². The van der Waals surface area contributed by atoms with Gasteiger partial charge in [-0.2, -0.15) is 5.10 Å². The van der Waals surface area contributed by atoms with Crippen molar-refractivity contribution in [2.75, 3.05) is 13.1 Å². The van der Waals surface area contributed by atoms with Gasteiger partial charge in [-0.1, -0.05) is 0 Å². The average molecular weight is 355 g/mol. The van der Waals surface area contributed by atoms with Gasteiger partial charge in [0.05, 0.1) is 15.9 Å². The molecule has 2 unspecified atom stereocenters. The van der Waals surface area contributed by atoms with Crippen LogP contribution in [0.1, 0.15) is 45.0 Å². The molecule has 0 aromatic carbocycles. The summed E-state index contributed by atoms with van der Waals surface area (Å²) in [7, 11) is 0. The highest BCUT2D eigenvalue weighted by Gasteiger charge is 2.45. The van der Waals surface area contributed by atoms with E-state index in [-0.39, 0.29) is 0 Å². The summed E-state index contributed by atoms with van der Waals surface area (Å²) in [5.41, 5.74) is 2.71. The molecule has 0 bridgehead atoms. The predicted molar refractivity (Wildman–Crippen MR) is 89.3 cm³/mol. The molecule has 2 atom stereocenters. The Hall–Kier alpha value is -0.390. The van der Waals surface area contributed by atoms with Crippen LogP contribution in [0.25, 0.3) is 0 Å². The van der Waals surface area contributed by atoms with Gasteiger partial charge in [0.25, 0.3) is 0 Å². The number of halogens is 1. The molecule has 2 heterocycles. The molecule has 3 rings (SSSR count). The van der Waals surface area contributed by atoms with Crippen molar-refractivity contribution in [2.45, 2.75) is 65.2 Å². The number of hydrogen-bond donors (Lipinski definition) is 1. The number of aromatic nitrogens is 2. The van der Waals surface area contributed by atoms with Gasteiger partial charge in [-0.15, -0.1) is 0 Å². The van der Waals surface area contributed by atoms with Gasteiger partial charge in [-0.05, 0) is 62.4 Å². The normalized spacial score (nSPS) is 30.8. The Morgan fingerprint density at radius 3 is 2.76 bits per heavy atom. The van der Waals surface area contributed by atoms with Gasteiger partial charge >= 0.3 is 0 Å². The third-order valence-electron chi connectivity index (χ3n) is 5.24. The lowest BCUT2D eigenvalue weighted by molar-refractivity contribution is 0.0745. The molecule has 0 radical (unpaired) electrons. The second kappa shape index (κ2) is 5.67. The average Bonchev–Trinajstić information content (AvgIpc) is 3.27. The Labute approximate surface area is 136 Å². The van der Waals surface area contributed by atoms with Crippen LogP contribution in [0.15, 0.2) is 4.47 Å². The third kappa shape index (κ3) is 2.92. The van der Waals surface area contributed by atoms with Crippen LogP contribution >= 0.6 is 15.9 Å². The Morgan fingerprint density at radius 1 is 1.43 bits per heavy atom. The van der Waals surface area contributed by atoms with Gasteiger partial charge in [-0.25, -0.2) is 0 Å². The van der Waals surface area contributed by atoms with Gasteiger partial charge < -0.3 is 5.32 Å². The summed E-state index contributed by atoms with van der Waals surface area (Å²) in [5, 5.41) is 8.43. The zero-order valence-corrected chi connectivity index (χ0v) is 15.2. The maximum Gasteiger partial charge on any atom is 0.0739 e. The molecule has 1 N–H and O–H groups in total. The van der Waals surface area contributed by atoms with Crippen LogP contribution in [-0.2, 0) is 13.1 Å². The second-order valence-electron chi connectivity index (χ2n) is 6.99. The molecular weight excluding hydrogens is 328 g/mol. The fourth-order valence-corrected chi connectivity index (χ4v) is 3.97. The minimum atomic E-state index is 0.297. The standard InChI is InChI=1S/C16H27BrN4/c1-5-21-14(15(17)12(3)19-21)9-20-10-16(4,13-6-7-13)18-8-11(20)2/h11,13,18H,5-10H2,1-4H3. The van der Waals surface area contributed by atoms with E-state index in [1.54, 1.807) is 0 Å². The Bertz CT molecular complexity index is 523. The molecule has 4 nitrogen and oxygen atoms in total. The van der Waals surface area contributed by atoms with E-state index >= 15 is 0 Å². The zero-order valence-electron chi connectivity index (χ0n) is 13.6. The molecule has 1 saturated carbocycles. The molecule has 2 aliphatic rings. The number of rotatable bonds is 4. The van der Waals surface area contributed by atoms with Crippen molar-refractivity contribution in [1.82, 2.24) is 20.0 Å². The molecule has 1 aromatic heterocycles. The largest absolute Gasteiger partial charge is 0.308 e. The van der Waals surface area contributed by atoms with Crippen molar-refractivity contribution in [3.63, 3.8) is 0 Å². The minimum Gasteiger partial charge on any atom is -0.308 e. The van der Waals surface area contributed by atoms with Crippen LogP contribution in [0.5, 0.6) is 0 Å². The van der Waals surface area contributed by atoms with Gasteiger partial charge in [0, 0.05) is 37.8 Å². The van der Waals surface area contributed by atoms with Gasteiger partial charge in [0.2, 0.25) is 0 Å². The lowest BCUT2D eigenvalue weighted by Crippen LogP contribution is -2.63. The minimum absolute atomic E-state index is 0.297. The Balaban J connectivity index is 1.79. The van der Waals surface area contributed by atoms with E-state index in [2.05, 4.69) is 63.6 Å². The number of nitrogens with one attached hydrogen (secondary N) is 1. The van der Waals surface area contributed by atoms with Gasteiger partial charge in [0.1, 0.15) is 0 Å². The quantitative estimate of drug-likeness (QED) is 0.902. The van der Waals surface area contributed by atoms with Crippen molar-refractivity contribution in [2.24, 2.45) is 5.92 Å². The smallest absolute Gasteiger partial charge is 0.0739 e. The SMILES string of the molecule is CCn1nc(C)c(Br)c1CN1CC(C)(C2CC2)NCC1C. The summed E-state index contributed by atoms with van der Waals surface area (Å²) in [6, 6.07) is 0.573. The highest BCUT2D eigenvalue weighted by molar-refractivity contribution is 9.10. The van der Waals surface area contributed by atoms with Crippen LogP contribution in [0.2, 0.25) is 0 Å². The highest BCUT2D eigenvalue weighted by atomic mass is 79.9. The molecule has 2 fully saturated rings. The van der Waals surface area contributed by atoms with E-state index < -0.39 is 0 Å². The molecule has 1 aromatic rings. The third-order valence-corrected chi connectivity index (χ3v) is 6.27. The first-order valence-corrected chi connectivity index (χ1v) is 8.94. The predicted octanol–water partition coefficient (Wildman–Crippen LogP) is 2.94. The van der Waals surface area contributed by atoms with Crippen LogP contribution in [0.4, 0.5) is 0 Å². The number of aryl methyl sites for hydroxylation is 2. The number of nitrogens with zero attached hydrogens (tertiary/aromatic N) is 3. The summed E-state index contributed by atoms with van der Waals surface area (Å²) in [4.78, 5) is 2.63. The fourth-order valence-electron chi connectivity index (χ4n) is 3.56. The van der Waals surface area contributed by atoms with E-state index in [4.69, 9.17) is 0 Å². The molecule has 1 aliphatic carbocycles. The van der Waals surface area contributed by atoms with Crippen molar-refractivity contribution >= 4 is 15.9 Å². The van der Waals surface area contributed by atoms with Crippen LogP contribution < -0.4 is 5.32 Å². The van der Waals surface area contributed by atoms with E-state index in [0.717, 1.165) is 37.8 Å². The molecule has 21 heavy (non-hydrogen) atoms. The Morgan fingerprint density at radius 2 is 2.14 bits per heavy atom. The summed E-state index contributed by atoms with van der Waals surface area (Å²) in [6.45, 7) is 13.1. The van der Waals surface area contributed by atoms with Crippen LogP contribution in [0, 0.1) is 12.8 Å². The maximum absolute atomic E-state index is 4.63. The number of hydrogen-bond acceptors (Lipinski definition) is 3. The molecule has 118 valence electrons. The van der Waals surface area contributed by atoms with E-state index in [0.29, 0.717) is 11.6 Å².